The molecule has 0 aliphatic heterocycles. The quantitative estimate of drug-likeness (QED) is 0.594. The molecule has 0 aromatic heterocycles. The Morgan fingerprint density at radius 2 is 2.20 bits per heavy atom. The molecule has 2 heteroatoms. The van der Waals surface area contributed by atoms with Crippen LogP contribution in [0.2, 0.25) is 0 Å². The van der Waals surface area contributed by atoms with Crippen molar-refractivity contribution < 1.29 is 0 Å². The number of aryl methyl sites for hydroxylation is 1. The van der Waals surface area contributed by atoms with Crippen molar-refractivity contribution in [3.8, 4) is 0 Å². The minimum atomic E-state index is 0.873. The van der Waals surface area contributed by atoms with E-state index in [9.17, 15) is 0 Å². The number of hydrogen-bond acceptors (Lipinski definition) is 2. The van der Waals surface area contributed by atoms with Gasteiger partial charge in [0.25, 0.3) is 0 Å². The first-order chi connectivity index (χ1) is 7.19. The maximum atomic E-state index is 5.85. The standard InChI is InChI=1S/C13H18N2/c1-4-11-9-12(5-6-13(11)14)10(2)7-8-15-3/h5-9H,4,14H2,1-3H3/b10-7+,15-8?. The first-order valence-electron chi connectivity index (χ1n) is 5.16. The molecule has 0 unspecified atom stereocenters. The average Bonchev–Trinajstić information content (AvgIpc) is 2.26. The zero-order chi connectivity index (χ0) is 11.3. The normalized spacial score (nSPS) is 12.3. The van der Waals surface area contributed by atoms with E-state index in [2.05, 4.69) is 24.9 Å². The van der Waals surface area contributed by atoms with Gasteiger partial charge in [0.15, 0.2) is 0 Å². The summed E-state index contributed by atoms with van der Waals surface area (Å²) < 4.78 is 0. The van der Waals surface area contributed by atoms with Crippen LogP contribution in [0.4, 0.5) is 5.69 Å². The molecule has 0 aliphatic carbocycles. The number of rotatable bonds is 3. The van der Waals surface area contributed by atoms with Crippen LogP contribution in [0.1, 0.15) is 25.0 Å². The summed E-state index contributed by atoms with van der Waals surface area (Å²) in [5.74, 6) is 0. The van der Waals surface area contributed by atoms with Crippen molar-refractivity contribution in [1.29, 1.82) is 0 Å². The lowest BCUT2D eigenvalue weighted by molar-refractivity contribution is 1.14. The van der Waals surface area contributed by atoms with Crippen molar-refractivity contribution in [2.24, 2.45) is 4.99 Å². The van der Waals surface area contributed by atoms with Crippen molar-refractivity contribution in [1.82, 2.24) is 0 Å². The lowest BCUT2D eigenvalue weighted by atomic mass is 10.0. The highest BCUT2D eigenvalue weighted by atomic mass is 14.6. The minimum absolute atomic E-state index is 0.873. The van der Waals surface area contributed by atoms with Gasteiger partial charge in [-0.2, -0.15) is 0 Å². The fourth-order valence-corrected chi connectivity index (χ4v) is 1.44. The highest BCUT2D eigenvalue weighted by molar-refractivity contribution is 5.84. The number of nitrogens with zero attached hydrogens (tertiary/aromatic N) is 1. The van der Waals surface area contributed by atoms with Crippen LogP contribution in [0.15, 0.2) is 29.3 Å². The van der Waals surface area contributed by atoms with Crippen LogP contribution in [0.3, 0.4) is 0 Å². The first-order valence-corrected chi connectivity index (χ1v) is 5.16. The molecule has 1 aromatic carbocycles. The molecular formula is C13H18N2. The molecule has 0 aliphatic rings. The second-order valence-electron chi connectivity index (χ2n) is 3.52. The SMILES string of the molecule is CCc1cc(/C(C)=C/C=NC)ccc1N. The number of aliphatic imine (C=N–C) groups is 1. The molecule has 0 radical (unpaired) electrons. The van der Waals surface area contributed by atoms with Gasteiger partial charge in [0.1, 0.15) is 0 Å². The van der Waals surface area contributed by atoms with Gasteiger partial charge in [-0.3, -0.25) is 4.99 Å². The zero-order valence-corrected chi connectivity index (χ0v) is 9.62. The lowest BCUT2D eigenvalue weighted by Crippen LogP contribution is -1.94. The Morgan fingerprint density at radius 3 is 2.80 bits per heavy atom. The maximum Gasteiger partial charge on any atom is 0.0346 e. The highest BCUT2D eigenvalue weighted by Crippen LogP contribution is 2.20. The molecule has 0 saturated heterocycles. The summed E-state index contributed by atoms with van der Waals surface area (Å²) in [6, 6.07) is 6.16. The predicted octanol–water partition coefficient (Wildman–Crippen LogP) is 2.94. The van der Waals surface area contributed by atoms with Crippen LogP contribution in [0.5, 0.6) is 0 Å². The summed E-state index contributed by atoms with van der Waals surface area (Å²) in [6.45, 7) is 4.19. The zero-order valence-electron chi connectivity index (χ0n) is 9.62. The first kappa shape index (κ1) is 11.5. The fourth-order valence-electron chi connectivity index (χ4n) is 1.44. The maximum absolute atomic E-state index is 5.85. The summed E-state index contributed by atoms with van der Waals surface area (Å²) in [5.41, 5.74) is 10.3. The van der Waals surface area contributed by atoms with Crippen molar-refractivity contribution in [2.75, 3.05) is 12.8 Å². The van der Waals surface area contributed by atoms with E-state index < -0.39 is 0 Å². The number of nitrogen functional groups attached to an aromatic ring is 1. The minimum Gasteiger partial charge on any atom is -0.399 e. The van der Waals surface area contributed by atoms with E-state index >= 15 is 0 Å². The second-order valence-corrected chi connectivity index (χ2v) is 3.52. The van der Waals surface area contributed by atoms with Crippen LogP contribution < -0.4 is 5.73 Å². The molecule has 0 amide bonds. The van der Waals surface area contributed by atoms with Gasteiger partial charge in [0.2, 0.25) is 0 Å². The summed E-state index contributed by atoms with van der Waals surface area (Å²) in [6.07, 6.45) is 4.77. The average molecular weight is 202 g/mol. The summed E-state index contributed by atoms with van der Waals surface area (Å²) in [5, 5.41) is 0. The largest absolute Gasteiger partial charge is 0.399 e. The topological polar surface area (TPSA) is 38.4 Å². The van der Waals surface area contributed by atoms with E-state index in [1.54, 1.807) is 13.3 Å². The van der Waals surface area contributed by atoms with Gasteiger partial charge >= 0.3 is 0 Å². The van der Waals surface area contributed by atoms with Crippen molar-refractivity contribution in [2.45, 2.75) is 20.3 Å². The second kappa shape index (κ2) is 5.35. The molecule has 80 valence electrons. The van der Waals surface area contributed by atoms with Crippen LogP contribution in [0.25, 0.3) is 5.57 Å². The van der Waals surface area contributed by atoms with Gasteiger partial charge < -0.3 is 5.73 Å². The molecule has 0 fully saturated rings. The van der Waals surface area contributed by atoms with E-state index in [0.717, 1.165) is 12.1 Å². The summed E-state index contributed by atoms with van der Waals surface area (Å²) in [4.78, 5) is 3.94. The molecule has 1 rings (SSSR count). The van der Waals surface area contributed by atoms with E-state index in [-0.39, 0.29) is 0 Å². The Morgan fingerprint density at radius 1 is 1.47 bits per heavy atom. The Labute approximate surface area is 91.5 Å². The molecule has 2 nitrogen and oxygen atoms in total. The Bertz CT molecular complexity index is 390. The summed E-state index contributed by atoms with van der Waals surface area (Å²) in [7, 11) is 1.77. The monoisotopic (exact) mass is 202 g/mol. The van der Waals surface area contributed by atoms with Gasteiger partial charge in [-0.1, -0.05) is 13.0 Å². The van der Waals surface area contributed by atoms with Crippen molar-refractivity contribution in [3.63, 3.8) is 0 Å². The van der Waals surface area contributed by atoms with Crippen LogP contribution in [0, 0.1) is 0 Å². The Hall–Kier alpha value is -1.57. The van der Waals surface area contributed by atoms with E-state index in [1.807, 2.05) is 18.2 Å². The van der Waals surface area contributed by atoms with Crippen molar-refractivity contribution in [3.05, 3.63) is 35.4 Å². The number of hydrogen-bond donors (Lipinski definition) is 1. The third-order valence-electron chi connectivity index (χ3n) is 2.45. The number of benzene rings is 1. The number of nitrogens with two attached hydrogens (primary N) is 1. The van der Waals surface area contributed by atoms with Gasteiger partial charge in [0, 0.05) is 18.9 Å². The van der Waals surface area contributed by atoms with E-state index in [1.165, 1.54) is 16.7 Å². The Balaban J connectivity index is 3.05. The highest BCUT2D eigenvalue weighted by Gasteiger charge is 2.00. The lowest BCUT2D eigenvalue weighted by Gasteiger charge is -2.06. The Kier molecular flexibility index (Phi) is 4.10. The van der Waals surface area contributed by atoms with Crippen LogP contribution in [-0.2, 0) is 6.42 Å². The van der Waals surface area contributed by atoms with E-state index in [4.69, 9.17) is 5.73 Å². The molecular weight excluding hydrogens is 184 g/mol. The molecule has 0 saturated carbocycles. The predicted molar refractivity (Wildman–Crippen MR) is 68.3 cm³/mol. The smallest absolute Gasteiger partial charge is 0.0346 e. The van der Waals surface area contributed by atoms with Crippen LogP contribution >= 0.6 is 0 Å². The van der Waals surface area contributed by atoms with Gasteiger partial charge in [-0.05, 0) is 48.3 Å². The van der Waals surface area contributed by atoms with E-state index in [0.29, 0.717) is 0 Å². The molecule has 0 atom stereocenters. The fraction of sp³-hybridized carbons (Fsp3) is 0.308. The molecule has 0 bridgehead atoms. The van der Waals surface area contributed by atoms with Gasteiger partial charge in [-0.25, -0.2) is 0 Å². The number of anilines is 1. The third-order valence-corrected chi connectivity index (χ3v) is 2.45. The van der Waals surface area contributed by atoms with Gasteiger partial charge in [0.05, 0.1) is 0 Å². The summed E-state index contributed by atoms with van der Waals surface area (Å²) >= 11 is 0. The molecule has 1 aromatic rings. The molecule has 15 heavy (non-hydrogen) atoms. The number of allylic oxidation sites excluding steroid dienone is 2. The third kappa shape index (κ3) is 2.94. The molecule has 2 N–H and O–H groups in total. The van der Waals surface area contributed by atoms with Crippen LogP contribution in [-0.4, -0.2) is 13.3 Å². The molecule has 0 spiro atoms. The van der Waals surface area contributed by atoms with Gasteiger partial charge in [-0.15, -0.1) is 0 Å². The van der Waals surface area contributed by atoms with Crippen molar-refractivity contribution >= 4 is 17.5 Å². The molecule has 0 heterocycles.